The molecule has 1 N–H and O–H groups in total. The van der Waals surface area contributed by atoms with E-state index in [1.54, 1.807) is 0 Å². The predicted molar refractivity (Wildman–Crippen MR) is 57.5 cm³/mol. The van der Waals surface area contributed by atoms with Gasteiger partial charge in [0.2, 0.25) is 5.91 Å². The topological polar surface area (TPSA) is 43.8 Å². The highest BCUT2D eigenvalue weighted by Gasteiger charge is 2.29. The summed E-state index contributed by atoms with van der Waals surface area (Å²) in [4.78, 5) is 15.7. The highest BCUT2D eigenvalue weighted by Crippen LogP contribution is 2.21. The summed E-state index contributed by atoms with van der Waals surface area (Å²) in [5, 5.41) is 9.77. The zero-order valence-electron chi connectivity index (χ0n) is 9.41. The first-order valence-corrected chi connectivity index (χ1v) is 5.79. The molecule has 0 spiro atoms. The van der Waals surface area contributed by atoms with Gasteiger partial charge in [-0.1, -0.05) is 0 Å². The Kier molecular flexibility index (Phi) is 2.98. The van der Waals surface area contributed by atoms with Crippen molar-refractivity contribution in [2.24, 2.45) is 0 Å². The van der Waals surface area contributed by atoms with E-state index >= 15 is 0 Å². The minimum atomic E-state index is -0.518. The zero-order valence-corrected chi connectivity index (χ0v) is 9.41. The molecule has 0 aromatic carbocycles. The Hall–Kier alpha value is -0.610. The average molecular weight is 212 g/mol. The maximum absolute atomic E-state index is 11.7. The first-order valence-electron chi connectivity index (χ1n) is 5.79. The number of piperidine rings is 1. The number of carbonyl (C=O) groups is 1. The van der Waals surface area contributed by atoms with Gasteiger partial charge in [-0.15, -0.1) is 0 Å². The van der Waals surface area contributed by atoms with E-state index in [0.717, 1.165) is 45.4 Å². The number of likely N-dealkylation sites (tertiary alicyclic amines) is 2. The molecule has 2 aliphatic rings. The minimum absolute atomic E-state index is 0.253. The molecule has 0 aromatic heterocycles. The molecule has 15 heavy (non-hydrogen) atoms. The fraction of sp³-hybridized carbons (Fsp3) is 0.909. The van der Waals surface area contributed by atoms with Crippen molar-refractivity contribution in [3.63, 3.8) is 0 Å². The van der Waals surface area contributed by atoms with Crippen molar-refractivity contribution < 1.29 is 9.90 Å². The Morgan fingerprint density at radius 2 is 1.87 bits per heavy atom. The van der Waals surface area contributed by atoms with Crippen LogP contribution in [0, 0.1) is 0 Å². The molecule has 0 aromatic rings. The van der Waals surface area contributed by atoms with Crippen LogP contribution in [0.5, 0.6) is 0 Å². The van der Waals surface area contributed by atoms with Gasteiger partial charge in [0, 0.05) is 26.2 Å². The van der Waals surface area contributed by atoms with Crippen LogP contribution < -0.4 is 0 Å². The highest BCUT2D eigenvalue weighted by atomic mass is 16.3. The van der Waals surface area contributed by atoms with Crippen molar-refractivity contribution in [2.75, 3.05) is 32.7 Å². The van der Waals surface area contributed by atoms with Gasteiger partial charge in [-0.05, 0) is 26.2 Å². The summed E-state index contributed by atoms with van der Waals surface area (Å²) in [5.41, 5.74) is -0.518. The van der Waals surface area contributed by atoms with Gasteiger partial charge in [0.15, 0.2) is 0 Å². The smallest absolute Gasteiger partial charge is 0.236 e. The highest BCUT2D eigenvalue weighted by molar-refractivity contribution is 5.78. The fourth-order valence-corrected chi connectivity index (χ4v) is 2.05. The standard InChI is InChI=1S/C11H20N2O2/c1-11(15)3-7-12(8-4-11)9-10(14)13-5-2-6-13/h15H,2-9H2,1H3. The molecule has 4 heteroatoms. The third kappa shape index (κ3) is 2.69. The lowest BCUT2D eigenvalue weighted by atomic mass is 9.94. The number of carbonyl (C=O) groups excluding carboxylic acids is 1. The molecule has 4 nitrogen and oxygen atoms in total. The monoisotopic (exact) mass is 212 g/mol. The third-order valence-corrected chi connectivity index (χ3v) is 3.50. The molecule has 2 heterocycles. The number of nitrogens with zero attached hydrogens (tertiary/aromatic N) is 2. The Labute approximate surface area is 90.9 Å². The van der Waals surface area contributed by atoms with E-state index in [0.29, 0.717) is 6.54 Å². The van der Waals surface area contributed by atoms with Crippen molar-refractivity contribution in [1.29, 1.82) is 0 Å². The molecule has 0 bridgehead atoms. The van der Waals surface area contributed by atoms with Crippen LogP contribution in [0.2, 0.25) is 0 Å². The summed E-state index contributed by atoms with van der Waals surface area (Å²) in [5.74, 6) is 0.253. The SMILES string of the molecule is CC1(O)CCN(CC(=O)N2CCC2)CC1. The van der Waals surface area contributed by atoms with Crippen molar-refractivity contribution in [1.82, 2.24) is 9.80 Å². The lowest BCUT2D eigenvalue weighted by molar-refractivity contribution is -0.136. The lowest BCUT2D eigenvalue weighted by Crippen LogP contribution is -2.50. The van der Waals surface area contributed by atoms with E-state index in [1.807, 2.05) is 11.8 Å². The third-order valence-electron chi connectivity index (χ3n) is 3.50. The van der Waals surface area contributed by atoms with E-state index in [4.69, 9.17) is 0 Å². The summed E-state index contributed by atoms with van der Waals surface area (Å²) in [6, 6.07) is 0. The fourth-order valence-electron chi connectivity index (χ4n) is 2.05. The number of aliphatic hydroxyl groups is 1. The molecule has 2 fully saturated rings. The van der Waals surface area contributed by atoms with Crippen LogP contribution in [0.4, 0.5) is 0 Å². The van der Waals surface area contributed by atoms with Crippen LogP contribution in [0.25, 0.3) is 0 Å². The second-order valence-corrected chi connectivity index (χ2v) is 5.01. The maximum atomic E-state index is 11.7. The normalized spacial score (nSPS) is 26.1. The Bertz CT molecular complexity index is 239. The van der Waals surface area contributed by atoms with E-state index in [-0.39, 0.29) is 5.91 Å². The molecule has 0 atom stereocenters. The van der Waals surface area contributed by atoms with Crippen molar-refractivity contribution in [2.45, 2.75) is 31.8 Å². The number of amides is 1. The van der Waals surface area contributed by atoms with Crippen LogP contribution in [-0.4, -0.2) is 59.1 Å². The molecule has 86 valence electrons. The van der Waals surface area contributed by atoms with Crippen molar-refractivity contribution >= 4 is 5.91 Å². The molecule has 0 unspecified atom stereocenters. The van der Waals surface area contributed by atoms with E-state index in [1.165, 1.54) is 0 Å². The Balaban J connectivity index is 1.74. The largest absolute Gasteiger partial charge is 0.390 e. The zero-order chi connectivity index (χ0) is 10.9. The summed E-state index contributed by atoms with van der Waals surface area (Å²) in [7, 11) is 0. The predicted octanol–water partition coefficient (Wildman–Crippen LogP) is 0.0655. The molecule has 1 amide bonds. The van der Waals surface area contributed by atoms with Crippen molar-refractivity contribution in [3.05, 3.63) is 0 Å². The molecule has 0 saturated carbocycles. The molecular weight excluding hydrogens is 192 g/mol. The molecule has 0 radical (unpaired) electrons. The second-order valence-electron chi connectivity index (χ2n) is 5.01. The number of hydrogen-bond donors (Lipinski definition) is 1. The quantitative estimate of drug-likeness (QED) is 0.704. The van der Waals surface area contributed by atoms with E-state index in [2.05, 4.69) is 4.90 Å². The summed E-state index contributed by atoms with van der Waals surface area (Å²) in [6.45, 7) is 5.96. The molecule has 2 aliphatic heterocycles. The first-order chi connectivity index (χ1) is 7.07. The van der Waals surface area contributed by atoms with Gasteiger partial charge in [0.05, 0.1) is 12.1 Å². The molecular formula is C11H20N2O2. The van der Waals surface area contributed by atoms with Crippen LogP contribution in [0.15, 0.2) is 0 Å². The van der Waals surface area contributed by atoms with Gasteiger partial charge in [0.25, 0.3) is 0 Å². The van der Waals surface area contributed by atoms with E-state index in [9.17, 15) is 9.90 Å². The van der Waals surface area contributed by atoms with Crippen LogP contribution >= 0.6 is 0 Å². The van der Waals surface area contributed by atoms with Gasteiger partial charge in [-0.25, -0.2) is 0 Å². The maximum Gasteiger partial charge on any atom is 0.236 e. The van der Waals surface area contributed by atoms with Crippen LogP contribution in [-0.2, 0) is 4.79 Å². The molecule has 2 saturated heterocycles. The van der Waals surface area contributed by atoms with Crippen LogP contribution in [0.1, 0.15) is 26.2 Å². The molecule has 0 aliphatic carbocycles. The summed E-state index contributed by atoms with van der Waals surface area (Å²) >= 11 is 0. The second kappa shape index (κ2) is 4.10. The van der Waals surface area contributed by atoms with Gasteiger partial charge >= 0.3 is 0 Å². The summed E-state index contributed by atoms with van der Waals surface area (Å²) < 4.78 is 0. The van der Waals surface area contributed by atoms with Gasteiger partial charge in [-0.3, -0.25) is 9.69 Å². The Morgan fingerprint density at radius 3 is 2.33 bits per heavy atom. The van der Waals surface area contributed by atoms with Gasteiger partial charge < -0.3 is 10.0 Å². The number of hydrogen-bond acceptors (Lipinski definition) is 3. The lowest BCUT2D eigenvalue weighted by Gasteiger charge is -2.38. The minimum Gasteiger partial charge on any atom is -0.390 e. The summed E-state index contributed by atoms with van der Waals surface area (Å²) in [6.07, 6.45) is 2.71. The Morgan fingerprint density at radius 1 is 1.27 bits per heavy atom. The van der Waals surface area contributed by atoms with Crippen LogP contribution in [0.3, 0.4) is 0 Å². The average Bonchev–Trinajstić information content (AvgIpc) is 2.05. The molecule has 2 rings (SSSR count). The van der Waals surface area contributed by atoms with Crippen molar-refractivity contribution in [3.8, 4) is 0 Å². The number of rotatable bonds is 2. The van der Waals surface area contributed by atoms with Gasteiger partial charge in [-0.2, -0.15) is 0 Å². The van der Waals surface area contributed by atoms with E-state index < -0.39 is 5.60 Å². The van der Waals surface area contributed by atoms with Gasteiger partial charge in [0.1, 0.15) is 0 Å². The first kappa shape index (κ1) is 10.9.